The van der Waals surface area contributed by atoms with E-state index in [1.54, 1.807) is 25.4 Å². The quantitative estimate of drug-likeness (QED) is 0.734. The standard InChI is InChI=1S/C19H25N3O3.ClH/c1-4-13(2)17(20)18(23)22-12-14-7-6-10-21-19(14)25-16-9-5-8-15(11-16)24-3;/h5-11,13,17H,4,12,20H2,1-3H3,(H,22,23);1H. The number of nitrogens with two attached hydrogens (primary N) is 1. The molecule has 0 bridgehead atoms. The summed E-state index contributed by atoms with van der Waals surface area (Å²) in [5, 5.41) is 2.85. The van der Waals surface area contributed by atoms with Gasteiger partial charge in [-0.25, -0.2) is 4.98 Å². The molecule has 1 amide bonds. The highest BCUT2D eigenvalue weighted by Crippen LogP contribution is 2.26. The number of rotatable bonds is 8. The number of nitrogens with one attached hydrogen (secondary N) is 1. The molecule has 0 aliphatic rings. The van der Waals surface area contributed by atoms with Gasteiger partial charge in [-0.2, -0.15) is 0 Å². The van der Waals surface area contributed by atoms with Gasteiger partial charge < -0.3 is 20.5 Å². The lowest BCUT2D eigenvalue weighted by Gasteiger charge is -2.18. The second kappa shape index (κ2) is 10.6. The first kappa shape index (κ1) is 21.7. The summed E-state index contributed by atoms with van der Waals surface area (Å²) in [5.74, 6) is 1.70. The summed E-state index contributed by atoms with van der Waals surface area (Å²) in [7, 11) is 1.60. The van der Waals surface area contributed by atoms with Crippen LogP contribution in [-0.4, -0.2) is 24.0 Å². The molecular weight excluding hydrogens is 354 g/mol. The molecule has 3 N–H and O–H groups in total. The van der Waals surface area contributed by atoms with Crippen LogP contribution in [-0.2, 0) is 11.3 Å². The molecule has 1 aromatic carbocycles. The van der Waals surface area contributed by atoms with Gasteiger partial charge in [0.1, 0.15) is 11.5 Å². The van der Waals surface area contributed by atoms with Gasteiger partial charge in [0.05, 0.1) is 13.2 Å². The largest absolute Gasteiger partial charge is 0.497 e. The molecule has 0 saturated carbocycles. The number of ether oxygens (including phenoxy) is 2. The SMILES string of the molecule is CCC(C)C(N)C(=O)NCc1cccnc1Oc1cccc(OC)c1.Cl. The summed E-state index contributed by atoms with van der Waals surface area (Å²) >= 11 is 0. The van der Waals surface area contributed by atoms with Crippen LogP contribution >= 0.6 is 12.4 Å². The molecule has 0 saturated heterocycles. The van der Waals surface area contributed by atoms with Crippen molar-refractivity contribution < 1.29 is 14.3 Å². The summed E-state index contributed by atoms with van der Waals surface area (Å²) in [6.45, 7) is 4.28. The normalized spacial score (nSPS) is 12.5. The molecule has 0 fully saturated rings. The fourth-order valence-corrected chi connectivity index (χ4v) is 2.24. The predicted octanol–water partition coefficient (Wildman–Crippen LogP) is 3.29. The number of hydrogen-bond acceptors (Lipinski definition) is 5. The average Bonchev–Trinajstić information content (AvgIpc) is 2.65. The van der Waals surface area contributed by atoms with Crippen LogP contribution in [0.25, 0.3) is 0 Å². The molecule has 0 spiro atoms. The Kier molecular flexibility index (Phi) is 8.88. The van der Waals surface area contributed by atoms with Crippen LogP contribution in [0.1, 0.15) is 25.8 Å². The van der Waals surface area contributed by atoms with Crippen molar-refractivity contribution in [3.05, 3.63) is 48.2 Å². The maximum Gasteiger partial charge on any atom is 0.237 e. The van der Waals surface area contributed by atoms with Crippen molar-refractivity contribution in [1.29, 1.82) is 0 Å². The Morgan fingerprint density at radius 2 is 2.00 bits per heavy atom. The van der Waals surface area contributed by atoms with E-state index < -0.39 is 6.04 Å². The van der Waals surface area contributed by atoms with Crippen LogP contribution in [0.3, 0.4) is 0 Å². The Bertz CT molecular complexity index is 712. The molecule has 2 rings (SSSR count). The zero-order chi connectivity index (χ0) is 18.2. The van der Waals surface area contributed by atoms with Gasteiger partial charge in [-0.3, -0.25) is 4.79 Å². The molecular formula is C19H26ClN3O3. The number of carbonyl (C=O) groups is 1. The molecule has 26 heavy (non-hydrogen) atoms. The van der Waals surface area contributed by atoms with Gasteiger partial charge in [-0.05, 0) is 24.1 Å². The van der Waals surface area contributed by atoms with Gasteiger partial charge in [0, 0.05) is 24.4 Å². The summed E-state index contributed by atoms with van der Waals surface area (Å²) in [6, 6.07) is 10.4. The Morgan fingerprint density at radius 3 is 2.69 bits per heavy atom. The van der Waals surface area contributed by atoms with E-state index in [0.29, 0.717) is 23.9 Å². The minimum absolute atomic E-state index is 0. The van der Waals surface area contributed by atoms with Crippen molar-refractivity contribution in [1.82, 2.24) is 10.3 Å². The van der Waals surface area contributed by atoms with Gasteiger partial charge >= 0.3 is 0 Å². The number of aromatic nitrogens is 1. The maximum atomic E-state index is 12.2. The lowest BCUT2D eigenvalue weighted by molar-refractivity contribution is -0.123. The van der Waals surface area contributed by atoms with Crippen LogP contribution in [0.2, 0.25) is 0 Å². The van der Waals surface area contributed by atoms with Crippen molar-refractivity contribution in [3.8, 4) is 17.4 Å². The third kappa shape index (κ3) is 5.89. The monoisotopic (exact) mass is 379 g/mol. The van der Waals surface area contributed by atoms with E-state index in [1.165, 1.54) is 0 Å². The fourth-order valence-electron chi connectivity index (χ4n) is 2.24. The van der Waals surface area contributed by atoms with E-state index >= 15 is 0 Å². The summed E-state index contributed by atoms with van der Waals surface area (Å²) < 4.78 is 11.0. The summed E-state index contributed by atoms with van der Waals surface area (Å²) in [4.78, 5) is 16.4. The molecule has 1 heterocycles. The fraction of sp³-hybridized carbons (Fsp3) is 0.368. The third-order valence-electron chi connectivity index (χ3n) is 4.12. The first-order chi connectivity index (χ1) is 12.0. The van der Waals surface area contributed by atoms with Gasteiger partial charge in [0.15, 0.2) is 0 Å². The van der Waals surface area contributed by atoms with Crippen molar-refractivity contribution >= 4 is 18.3 Å². The summed E-state index contributed by atoms with van der Waals surface area (Å²) in [5.41, 5.74) is 6.73. The highest BCUT2D eigenvalue weighted by molar-refractivity contribution is 5.85. The highest BCUT2D eigenvalue weighted by Gasteiger charge is 2.19. The molecule has 0 aliphatic carbocycles. The van der Waals surface area contributed by atoms with Crippen LogP contribution in [0, 0.1) is 5.92 Å². The van der Waals surface area contributed by atoms with E-state index in [9.17, 15) is 4.79 Å². The first-order valence-corrected chi connectivity index (χ1v) is 8.34. The summed E-state index contributed by atoms with van der Waals surface area (Å²) in [6.07, 6.45) is 2.50. The van der Waals surface area contributed by atoms with Crippen LogP contribution in [0.5, 0.6) is 17.4 Å². The minimum atomic E-state index is -0.524. The Balaban J connectivity index is 0.00000338. The van der Waals surface area contributed by atoms with E-state index in [1.807, 2.05) is 38.1 Å². The predicted molar refractivity (Wildman–Crippen MR) is 104 cm³/mol. The van der Waals surface area contributed by atoms with E-state index in [0.717, 1.165) is 12.0 Å². The molecule has 2 unspecified atom stereocenters. The molecule has 2 atom stereocenters. The van der Waals surface area contributed by atoms with Crippen LogP contribution < -0.4 is 20.5 Å². The number of methoxy groups -OCH3 is 1. The Hall–Kier alpha value is -2.31. The van der Waals surface area contributed by atoms with Crippen molar-refractivity contribution in [3.63, 3.8) is 0 Å². The second-order valence-electron chi connectivity index (χ2n) is 5.88. The lowest BCUT2D eigenvalue weighted by Crippen LogP contribution is -2.44. The van der Waals surface area contributed by atoms with E-state index in [2.05, 4.69) is 10.3 Å². The van der Waals surface area contributed by atoms with Crippen molar-refractivity contribution in [2.45, 2.75) is 32.9 Å². The highest BCUT2D eigenvalue weighted by atomic mass is 35.5. The van der Waals surface area contributed by atoms with E-state index in [-0.39, 0.29) is 24.2 Å². The lowest BCUT2D eigenvalue weighted by atomic mass is 9.99. The number of carbonyl (C=O) groups excluding carboxylic acids is 1. The van der Waals surface area contributed by atoms with Crippen LogP contribution in [0.15, 0.2) is 42.6 Å². The smallest absolute Gasteiger partial charge is 0.237 e. The minimum Gasteiger partial charge on any atom is -0.497 e. The average molecular weight is 380 g/mol. The zero-order valence-corrected chi connectivity index (χ0v) is 16.1. The van der Waals surface area contributed by atoms with Gasteiger partial charge in [0.2, 0.25) is 11.8 Å². The zero-order valence-electron chi connectivity index (χ0n) is 15.3. The molecule has 1 aromatic heterocycles. The molecule has 0 aliphatic heterocycles. The van der Waals surface area contributed by atoms with Crippen LogP contribution in [0.4, 0.5) is 0 Å². The van der Waals surface area contributed by atoms with Gasteiger partial charge in [-0.15, -0.1) is 12.4 Å². The topological polar surface area (TPSA) is 86.5 Å². The number of nitrogens with zero attached hydrogens (tertiary/aromatic N) is 1. The molecule has 142 valence electrons. The molecule has 0 radical (unpaired) electrons. The molecule has 7 heteroatoms. The Labute approximate surface area is 160 Å². The number of amides is 1. The molecule has 2 aromatic rings. The van der Waals surface area contributed by atoms with E-state index in [4.69, 9.17) is 15.2 Å². The van der Waals surface area contributed by atoms with Gasteiger partial charge in [-0.1, -0.05) is 32.4 Å². The number of pyridine rings is 1. The van der Waals surface area contributed by atoms with Crippen molar-refractivity contribution in [2.24, 2.45) is 11.7 Å². The number of halogens is 1. The van der Waals surface area contributed by atoms with Crippen molar-refractivity contribution in [2.75, 3.05) is 7.11 Å². The first-order valence-electron chi connectivity index (χ1n) is 8.34. The number of hydrogen-bond donors (Lipinski definition) is 2. The molecule has 6 nitrogen and oxygen atoms in total. The number of benzene rings is 1. The van der Waals surface area contributed by atoms with Gasteiger partial charge in [0.25, 0.3) is 0 Å². The maximum absolute atomic E-state index is 12.2. The Morgan fingerprint density at radius 1 is 1.27 bits per heavy atom. The second-order valence-corrected chi connectivity index (χ2v) is 5.88. The third-order valence-corrected chi connectivity index (χ3v) is 4.12.